The number of carbonyl (C=O) groups is 2. The quantitative estimate of drug-likeness (QED) is 0.0578. The molecule has 5 heteroatoms. The maximum Gasteiger partial charge on any atom is 0.308 e. The van der Waals surface area contributed by atoms with Gasteiger partial charge in [-0.3, -0.25) is 9.59 Å². The van der Waals surface area contributed by atoms with Gasteiger partial charge in [0.05, 0.1) is 25.2 Å². The van der Waals surface area contributed by atoms with E-state index in [4.69, 9.17) is 14.2 Å². The molecular weight excluding hydrogens is 717 g/mol. The molecule has 4 fully saturated rings. The number of allylic oxidation sites excluding steroid dienone is 1. The van der Waals surface area contributed by atoms with Crippen LogP contribution in [0.2, 0.25) is 0 Å². The summed E-state index contributed by atoms with van der Waals surface area (Å²) < 4.78 is 17.9. The molecule has 4 aliphatic rings. The minimum atomic E-state index is -0.0914. The Morgan fingerprint density at radius 3 is 2.16 bits per heavy atom. The van der Waals surface area contributed by atoms with Gasteiger partial charge in [0.2, 0.25) is 0 Å². The second-order valence-corrected chi connectivity index (χ2v) is 20.2. The highest BCUT2D eigenvalue weighted by atomic mass is 16.5. The van der Waals surface area contributed by atoms with Crippen molar-refractivity contribution in [2.45, 2.75) is 164 Å². The van der Waals surface area contributed by atoms with Gasteiger partial charge in [0.1, 0.15) is 11.5 Å². The summed E-state index contributed by atoms with van der Waals surface area (Å²) in [5, 5.41) is 0. The van der Waals surface area contributed by atoms with Crippen molar-refractivity contribution in [2.75, 3.05) is 13.2 Å². The van der Waals surface area contributed by atoms with Crippen LogP contribution in [0.4, 0.5) is 0 Å². The molecule has 2 aromatic rings. The van der Waals surface area contributed by atoms with Crippen LogP contribution in [-0.2, 0) is 9.53 Å². The third-order valence-corrected chi connectivity index (χ3v) is 16.1. The van der Waals surface area contributed by atoms with Gasteiger partial charge in [-0.2, -0.15) is 0 Å². The first-order chi connectivity index (χ1) is 27.9. The molecule has 4 saturated carbocycles. The fraction of sp³-hybridized carbons (Fsp3) is 0.698. The van der Waals surface area contributed by atoms with Crippen LogP contribution in [0.5, 0.6) is 11.5 Å². The lowest BCUT2D eigenvalue weighted by Crippen LogP contribution is -2.54. The molecule has 58 heavy (non-hydrogen) atoms. The molecule has 320 valence electrons. The number of unbranched alkanes of at least 4 members (excludes halogenated alkanes) is 3. The summed E-state index contributed by atoms with van der Waals surface area (Å²) in [6.07, 6.45) is 24.9. The monoisotopic (exact) mass is 795 g/mol. The van der Waals surface area contributed by atoms with E-state index in [0.29, 0.717) is 29.6 Å². The SMILES string of the molecule is CCC(C)C(=O)OCCCCCCOc1ccc(/C=C/C(=O)c2ccc(OC3CCC4(C)C(CCC5C4CCC4(C)C(C(C)CCCC(C)C)CCC54)C3)cc2)cc1. The zero-order valence-corrected chi connectivity index (χ0v) is 37.4. The first kappa shape index (κ1) is 44.5. The molecule has 0 aliphatic heterocycles. The molecule has 0 bridgehead atoms. The van der Waals surface area contributed by atoms with Gasteiger partial charge >= 0.3 is 5.97 Å². The normalized spacial score (nSPS) is 30.3. The van der Waals surface area contributed by atoms with Gasteiger partial charge in [-0.25, -0.2) is 0 Å². The fourth-order valence-corrected chi connectivity index (χ4v) is 12.4. The van der Waals surface area contributed by atoms with E-state index in [2.05, 4.69) is 34.6 Å². The van der Waals surface area contributed by atoms with Crippen LogP contribution in [0.1, 0.15) is 174 Å². The molecule has 2 aromatic carbocycles. The van der Waals surface area contributed by atoms with Crippen molar-refractivity contribution in [3.05, 3.63) is 65.7 Å². The van der Waals surface area contributed by atoms with Gasteiger partial charge < -0.3 is 14.2 Å². The van der Waals surface area contributed by atoms with E-state index in [1.165, 1.54) is 70.6 Å². The maximum atomic E-state index is 13.1. The van der Waals surface area contributed by atoms with Crippen LogP contribution in [0.15, 0.2) is 54.6 Å². The Morgan fingerprint density at radius 1 is 0.741 bits per heavy atom. The van der Waals surface area contributed by atoms with Crippen LogP contribution >= 0.6 is 0 Å². The molecule has 10 unspecified atom stereocenters. The van der Waals surface area contributed by atoms with Crippen LogP contribution in [-0.4, -0.2) is 31.1 Å². The highest BCUT2D eigenvalue weighted by Crippen LogP contribution is 2.68. The number of ketones is 1. The van der Waals surface area contributed by atoms with Crippen molar-refractivity contribution in [3.8, 4) is 11.5 Å². The van der Waals surface area contributed by atoms with Crippen LogP contribution in [0, 0.1) is 58.2 Å². The van der Waals surface area contributed by atoms with E-state index in [-0.39, 0.29) is 23.8 Å². The van der Waals surface area contributed by atoms with Crippen LogP contribution in [0.3, 0.4) is 0 Å². The zero-order chi connectivity index (χ0) is 41.3. The van der Waals surface area contributed by atoms with E-state index < -0.39 is 0 Å². The number of hydrogen-bond acceptors (Lipinski definition) is 5. The Morgan fingerprint density at radius 2 is 1.43 bits per heavy atom. The number of hydrogen-bond donors (Lipinski definition) is 0. The second kappa shape index (κ2) is 20.5. The van der Waals surface area contributed by atoms with Crippen LogP contribution < -0.4 is 9.47 Å². The summed E-state index contributed by atoms with van der Waals surface area (Å²) in [7, 11) is 0. The summed E-state index contributed by atoms with van der Waals surface area (Å²) in [6.45, 7) is 17.8. The van der Waals surface area contributed by atoms with Crippen molar-refractivity contribution in [2.24, 2.45) is 58.2 Å². The Bertz CT molecular complexity index is 1630. The maximum absolute atomic E-state index is 13.1. The minimum absolute atomic E-state index is 0.00976. The number of fused-ring (bicyclic) bond motifs is 5. The molecule has 0 amide bonds. The van der Waals surface area contributed by atoms with Gasteiger partial charge in [-0.15, -0.1) is 0 Å². The molecule has 0 heterocycles. The first-order valence-electron chi connectivity index (χ1n) is 23.8. The average Bonchev–Trinajstić information content (AvgIpc) is 3.58. The number of benzene rings is 2. The topological polar surface area (TPSA) is 61.8 Å². The van der Waals surface area contributed by atoms with Crippen molar-refractivity contribution in [1.82, 2.24) is 0 Å². The highest BCUT2D eigenvalue weighted by molar-refractivity contribution is 6.06. The zero-order valence-electron chi connectivity index (χ0n) is 37.4. The standard InChI is InChI=1S/C53H78O5/c1-8-38(4)51(55)57-35-12-10-9-11-34-56-43-22-16-40(17-23-43)18-29-50(54)41-19-24-44(25-20-41)58-45-30-32-52(6)42(36-45)21-26-46-48-28-27-47(39(5)15-13-14-37(2)3)53(48,7)33-31-49(46)52/h16-20,22-25,29,37-39,42,45-49H,8-15,21,26-28,30-36H2,1-7H3/b29-18+. The first-order valence-corrected chi connectivity index (χ1v) is 23.8. The summed E-state index contributed by atoms with van der Waals surface area (Å²) in [5.74, 6) is 7.72. The van der Waals surface area contributed by atoms with Gasteiger partial charge in [0, 0.05) is 5.56 Å². The number of esters is 1. The fourth-order valence-electron chi connectivity index (χ4n) is 12.4. The molecule has 0 spiro atoms. The van der Waals surface area contributed by atoms with Crippen molar-refractivity contribution in [3.63, 3.8) is 0 Å². The van der Waals surface area contributed by atoms with E-state index in [9.17, 15) is 9.59 Å². The summed E-state index contributed by atoms with van der Waals surface area (Å²) in [5.41, 5.74) is 2.65. The molecule has 0 aromatic heterocycles. The number of ether oxygens (including phenoxy) is 3. The largest absolute Gasteiger partial charge is 0.494 e. The van der Waals surface area contributed by atoms with Crippen molar-refractivity contribution in [1.29, 1.82) is 0 Å². The van der Waals surface area contributed by atoms with Crippen molar-refractivity contribution < 1.29 is 23.8 Å². The number of carbonyl (C=O) groups excluding carboxylic acids is 2. The second-order valence-electron chi connectivity index (χ2n) is 20.2. The van der Waals surface area contributed by atoms with Gasteiger partial charge in [-0.05, 0) is 190 Å². The molecule has 0 saturated heterocycles. The molecular formula is C53H78O5. The average molecular weight is 795 g/mol. The smallest absolute Gasteiger partial charge is 0.308 e. The molecule has 5 nitrogen and oxygen atoms in total. The van der Waals surface area contributed by atoms with E-state index >= 15 is 0 Å². The number of rotatable bonds is 20. The minimum Gasteiger partial charge on any atom is -0.494 e. The third-order valence-electron chi connectivity index (χ3n) is 16.1. The van der Waals surface area contributed by atoms with E-state index in [0.717, 1.165) is 97.0 Å². The Labute approximate surface area is 352 Å². The predicted octanol–water partition coefficient (Wildman–Crippen LogP) is 14.0. The molecule has 6 rings (SSSR count). The molecule has 0 radical (unpaired) electrons. The predicted molar refractivity (Wildman–Crippen MR) is 238 cm³/mol. The Kier molecular flexibility index (Phi) is 15.7. The van der Waals surface area contributed by atoms with Crippen molar-refractivity contribution >= 4 is 17.8 Å². The lowest BCUT2D eigenvalue weighted by atomic mass is 9.44. The van der Waals surface area contributed by atoms with Gasteiger partial charge in [0.25, 0.3) is 0 Å². The van der Waals surface area contributed by atoms with Crippen LogP contribution in [0.25, 0.3) is 6.08 Å². The summed E-state index contributed by atoms with van der Waals surface area (Å²) in [4.78, 5) is 24.8. The lowest BCUT2D eigenvalue weighted by Gasteiger charge is -2.61. The lowest BCUT2D eigenvalue weighted by molar-refractivity contribution is -0.148. The highest BCUT2D eigenvalue weighted by Gasteiger charge is 2.60. The Hall–Kier alpha value is -3.08. The van der Waals surface area contributed by atoms with E-state index in [1.54, 1.807) is 6.08 Å². The molecule has 4 aliphatic carbocycles. The van der Waals surface area contributed by atoms with Gasteiger partial charge in [-0.1, -0.05) is 85.9 Å². The molecule has 0 N–H and O–H groups in total. The summed E-state index contributed by atoms with van der Waals surface area (Å²) in [6, 6.07) is 15.7. The third kappa shape index (κ3) is 10.8. The molecule has 10 atom stereocenters. The van der Waals surface area contributed by atoms with E-state index in [1.807, 2.05) is 68.5 Å². The van der Waals surface area contributed by atoms with Gasteiger partial charge in [0.15, 0.2) is 5.78 Å². The summed E-state index contributed by atoms with van der Waals surface area (Å²) >= 11 is 0. The Balaban J connectivity index is 0.909.